The zero-order valence-electron chi connectivity index (χ0n) is 15.2. The Morgan fingerprint density at radius 2 is 1.50 bits per heavy atom. The highest BCUT2D eigenvalue weighted by molar-refractivity contribution is 5.96. The molecule has 1 aliphatic rings. The smallest absolute Gasteiger partial charge is 0.232 e. The number of carbonyl (C=O) groups excluding carboxylic acids is 2. The minimum atomic E-state index is -0.113. The molecule has 1 atom stereocenters. The van der Waals surface area contributed by atoms with Gasteiger partial charge in [0.15, 0.2) is 0 Å². The third-order valence-electron chi connectivity index (χ3n) is 5.07. The van der Waals surface area contributed by atoms with E-state index in [1.807, 2.05) is 61.5 Å². The predicted octanol–water partition coefficient (Wildman–Crippen LogP) is 4.95. The Bertz CT molecular complexity index is 734. The molecule has 1 fully saturated rings. The lowest BCUT2D eigenvalue weighted by Gasteiger charge is -2.23. The quantitative estimate of drug-likeness (QED) is 0.774. The minimum absolute atomic E-state index is 0.0211. The second-order valence-corrected chi connectivity index (χ2v) is 6.90. The van der Waals surface area contributed by atoms with Crippen molar-refractivity contribution in [3.8, 4) is 0 Å². The first-order valence-electron chi connectivity index (χ1n) is 9.43. The first-order valence-corrected chi connectivity index (χ1v) is 9.43. The Labute approximate surface area is 155 Å². The summed E-state index contributed by atoms with van der Waals surface area (Å²) in [7, 11) is 0. The van der Waals surface area contributed by atoms with Crippen LogP contribution in [-0.2, 0) is 9.59 Å². The Kier molecular flexibility index (Phi) is 6.05. The molecule has 2 aromatic rings. The SMILES string of the molecule is CCC(=O)Nc1ccc(NC(=O)C(c2ccccc2)C2CCCC2)cc1. The molecule has 0 heterocycles. The van der Waals surface area contributed by atoms with E-state index in [-0.39, 0.29) is 17.7 Å². The van der Waals surface area contributed by atoms with Gasteiger partial charge in [0.1, 0.15) is 0 Å². The first kappa shape index (κ1) is 18.2. The van der Waals surface area contributed by atoms with Crippen LogP contribution in [0.2, 0.25) is 0 Å². The lowest BCUT2D eigenvalue weighted by molar-refractivity contribution is -0.118. The normalized spacial score (nSPS) is 15.4. The van der Waals surface area contributed by atoms with Crippen LogP contribution >= 0.6 is 0 Å². The Hall–Kier alpha value is -2.62. The first-order chi connectivity index (χ1) is 12.7. The van der Waals surface area contributed by atoms with Gasteiger partial charge in [-0.25, -0.2) is 0 Å². The molecule has 0 radical (unpaired) electrons. The summed E-state index contributed by atoms with van der Waals surface area (Å²) < 4.78 is 0. The molecule has 0 aliphatic heterocycles. The van der Waals surface area contributed by atoms with E-state index in [1.54, 1.807) is 0 Å². The summed E-state index contributed by atoms with van der Waals surface area (Å²) in [6.45, 7) is 1.82. The van der Waals surface area contributed by atoms with Gasteiger partial charge in [-0.15, -0.1) is 0 Å². The van der Waals surface area contributed by atoms with E-state index >= 15 is 0 Å². The van der Waals surface area contributed by atoms with Crippen LogP contribution in [0.25, 0.3) is 0 Å². The number of hydrogen-bond acceptors (Lipinski definition) is 2. The third kappa shape index (κ3) is 4.51. The summed E-state index contributed by atoms with van der Waals surface area (Å²) in [5.41, 5.74) is 2.58. The van der Waals surface area contributed by atoms with Gasteiger partial charge in [-0.3, -0.25) is 9.59 Å². The minimum Gasteiger partial charge on any atom is -0.326 e. The monoisotopic (exact) mass is 350 g/mol. The predicted molar refractivity (Wildman–Crippen MR) is 105 cm³/mol. The molecule has 4 nitrogen and oxygen atoms in total. The molecule has 2 aromatic carbocycles. The number of amides is 2. The van der Waals surface area contributed by atoms with E-state index in [4.69, 9.17) is 0 Å². The summed E-state index contributed by atoms with van der Waals surface area (Å²) in [6.07, 6.45) is 5.06. The number of carbonyl (C=O) groups is 2. The molecule has 26 heavy (non-hydrogen) atoms. The molecule has 0 saturated heterocycles. The Morgan fingerprint density at radius 3 is 2.08 bits per heavy atom. The van der Waals surface area contributed by atoms with Gasteiger partial charge in [-0.1, -0.05) is 50.1 Å². The van der Waals surface area contributed by atoms with Crippen LogP contribution in [0.5, 0.6) is 0 Å². The zero-order valence-corrected chi connectivity index (χ0v) is 15.2. The number of benzene rings is 2. The number of rotatable bonds is 6. The van der Waals surface area contributed by atoms with Crippen LogP contribution < -0.4 is 10.6 Å². The lowest BCUT2D eigenvalue weighted by Crippen LogP contribution is -2.26. The van der Waals surface area contributed by atoms with Gasteiger partial charge < -0.3 is 10.6 Å². The maximum absolute atomic E-state index is 13.0. The van der Waals surface area contributed by atoms with Crippen LogP contribution in [0.4, 0.5) is 11.4 Å². The zero-order chi connectivity index (χ0) is 18.4. The van der Waals surface area contributed by atoms with Crippen molar-refractivity contribution in [1.29, 1.82) is 0 Å². The van der Waals surface area contributed by atoms with Crippen molar-refractivity contribution in [3.05, 3.63) is 60.2 Å². The van der Waals surface area contributed by atoms with Crippen molar-refractivity contribution < 1.29 is 9.59 Å². The van der Waals surface area contributed by atoms with Crippen molar-refractivity contribution in [2.45, 2.75) is 44.9 Å². The topological polar surface area (TPSA) is 58.2 Å². The van der Waals surface area contributed by atoms with Crippen molar-refractivity contribution in [1.82, 2.24) is 0 Å². The van der Waals surface area contributed by atoms with Crippen LogP contribution in [0.15, 0.2) is 54.6 Å². The molecular weight excluding hydrogens is 324 g/mol. The van der Waals surface area contributed by atoms with E-state index in [0.29, 0.717) is 12.3 Å². The molecule has 1 aliphatic carbocycles. The average molecular weight is 350 g/mol. The standard InChI is InChI=1S/C22H26N2O2/c1-2-20(25)23-18-12-14-19(15-13-18)24-22(26)21(17-10-6-7-11-17)16-8-4-3-5-9-16/h3-5,8-9,12-15,17,21H,2,6-7,10-11H2,1H3,(H,23,25)(H,24,26). The highest BCUT2D eigenvalue weighted by atomic mass is 16.2. The van der Waals surface area contributed by atoms with Gasteiger partial charge >= 0.3 is 0 Å². The molecule has 1 unspecified atom stereocenters. The molecule has 0 aromatic heterocycles. The van der Waals surface area contributed by atoms with Gasteiger partial charge in [0, 0.05) is 17.8 Å². The summed E-state index contributed by atoms with van der Waals surface area (Å²) in [5, 5.41) is 5.87. The van der Waals surface area contributed by atoms with Gasteiger partial charge in [-0.2, -0.15) is 0 Å². The van der Waals surface area contributed by atoms with Gasteiger partial charge in [0.2, 0.25) is 11.8 Å². The van der Waals surface area contributed by atoms with E-state index in [9.17, 15) is 9.59 Å². The van der Waals surface area contributed by atoms with Gasteiger partial charge in [0.05, 0.1) is 5.92 Å². The maximum atomic E-state index is 13.0. The van der Waals surface area contributed by atoms with Crippen molar-refractivity contribution in [2.24, 2.45) is 5.92 Å². The number of nitrogens with one attached hydrogen (secondary N) is 2. The molecule has 2 amide bonds. The highest BCUT2D eigenvalue weighted by Crippen LogP contribution is 2.38. The van der Waals surface area contributed by atoms with Crippen molar-refractivity contribution in [3.63, 3.8) is 0 Å². The van der Waals surface area contributed by atoms with E-state index < -0.39 is 0 Å². The molecule has 0 bridgehead atoms. The second-order valence-electron chi connectivity index (χ2n) is 6.90. The van der Waals surface area contributed by atoms with Gasteiger partial charge in [-0.05, 0) is 48.6 Å². The molecular formula is C22H26N2O2. The van der Waals surface area contributed by atoms with Crippen LogP contribution in [0.3, 0.4) is 0 Å². The summed E-state index contributed by atoms with van der Waals surface area (Å²) in [5.74, 6) is 0.319. The summed E-state index contributed by atoms with van der Waals surface area (Å²) in [4.78, 5) is 24.5. The second kappa shape index (κ2) is 8.65. The van der Waals surface area contributed by atoms with E-state index in [0.717, 1.165) is 29.8 Å². The fraction of sp³-hybridized carbons (Fsp3) is 0.364. The highest BCUT2D eigenvalue weighted by Gasteiger charge is 2.31. The molecule has 136 valence electrons. The molecule has 3 rings (SSSR count). The average Bonchev–Trinajstić information content (AvgIpc) is 3.18. The van der Waals surface area contributed by atoms with Crippen LogP contribution in [0.1, 0.15) is 50.5 Å². The van der Waals surface area contributed by atoms with Crippen LogP contribution in [-0.4, -0.2) is 11.8 Å². The lowest BCUT2D eigenvalue weighted by atomic mass is 9.84. The Balaban J connectivity index is 1.72. The fourth-order valence-electron chi connectivity index (χ4n) is 3.69. The molecule has 2 N–H and O–H groups in total. The van der Waals surface area contributed by atoms with E-state index in [2.05, 4.69) is 10.6 Å². The number of anilines is 2. The van der Waals surface area contributed by atoms with Crippen LogP contribution in [0, 0.1) is 5.92 Å². The Morgan fingerprint density at radius 1 is 0.923 bits per heavy atom. The number of hydrogen-bond donors (Lipinski definition) is 2. The van der Waals surface area contributed by atoms with E-state index in [1.165, 1.54) is 12.8 Å². The third-order valence-corrected chi connectivity index (χ3v) is 5.07. The van der Waals surface area contributed by atoms with Crippen molar-refractivity contribution >= 4 is 23.2 Å². The summed E-state index contributed by atoms with van der Waals surface area (Å²) >= 11 is 0. The maximum Gasteiger partial charge on any atom is 0.232 e. The summed E-state index contributed by atoms with van der Waals surface area (Å²) in [6, 6.07) is 17.4. The molecule has 4 heteroatoms. The fourth-order valence-corrected chi connectivity index (χ4v) is 3.69. The van der Waals surface area contributed by atoms with Gasteiger partial charge in [0.25, 0.3) is 0 Å². The van der Waals surface area contributed by atoms with Crippen molar-refractivity contribution in [2.75, 3.05) is 10.6 Å². The molecule has 1 saturated carbocycles. The molecule has 0 spiro atoms. The largest absolute Gasteiger partial charge is 0.326 e.